The second-order valence-electron chi connectivity index (χ2n) is 6.77. The number of aromatic nitrogens is 2. The summed E-state index contributed by atoms with van der Waals surface area (Å²) in [5, 5.41) is 3.82. The Kier molecular flexibility index (Phi) is 5.44. The summed E-state index contributed by atoms with van der Waals surface area (Å²) >= 11 is 0. The van der Waals surface area contributed by atoms with Crippen molar-refractivity contribution in [1.82, 2.24) is 19.8 Å². The minimum Gasteiger partial charge on any atom is -0.337 e. The van der Waals surface area contributed by atoms with Crippen molar-refractivity contribution in [3.8, 4) is 0 Å². The molecule has 4 nitrogen and oxygen atoms in total. The van der Waals surface area contributed by atoms with Gasteiger partial charge in [0.1, 0.15) is 0 Å². The predicted molar refractivity (Wildman–Crippen MR) is 88.4 cm³/mol. The van der Waals surface area contributed by atoms with Crippen molar-refractivity contribution in [3.05, 3.63) is 18.7 Å². The fraction of sp³-hybridized carbons (Fsp3) is 0.824. The molecule has 0 spiro atoms. The van der Waals surface area contributed by atoms with Gasteiger partial charge in [-0.1, -0.05) is 20.8 Å². The van der Waals surface area contributed by atoms with Gasteiger partial charge in [-0.2, -0.15) is 0 Å². The van der Waals surface area contributed by atoms with Crippen LogP contribution in [0.3, 0.4) is 0 Å². The van der Waals surface area contributed by atoms with Gasteiger partial charge >= 0.3 is 0 Å². The van der Waals surface area contributed by atoms with Gasteiger partial charge < -0.3 is 9.88 Å². The summed E-state index contributed by atoms with van der Waals surface area (Å²) in [6.45, 7) is 13.9. The molecule has 2 heterocycles. The van der Waals surface area contributed by atoms with E-state index in [0.29, 0.717) is 5.54 Å². The van der Waals surface area contributed by atoms with Crippen LogP contribution in [0.15, 0.2) is 18.7 Å². The lowest BCUT2D eigenvalue weighted by Crippen LogP contribution is -2.68. The molecule has 0 aliphatic carbocycles. The molecular formula is C17H32N4. The van der Waals surface area contributed by atoms with Crippen LogP contribution in [0.2, 0.25) is 0 Å². The molecule has 1 fully saturated rings. The first-order valence-corrected chi connectivity index (χ1v) is 8.53. The third-order valence-electron chi connectivity index (χ3n) is 5.55. The molecule has 2 rings (SSSR count). The Balaban J connectivity index is 1.99. The van der Waals surface area contributed by atoms with Crippen LogP contribution in [0.1, 0.15) is 53.4 Å². The summed E-state index contributed by atoms with van der Waals surface area (Å²) in [5.74, 6) is 0. The highest BCUT2D eigenvalue weighted by Crippen LogP contribution is 2.31. The molecule has 120 valence electrons. The molecule has 1 saturated heterocycles. The van der Waals surface area contributed by atoms with Crippen LogP contribution < -0.4 is 5.32 Å². The van der Waals surface area contributed by atoms with Crippen molar-refractivity contribution in [1.29, 1.82) is 0 Å². The number of nitrogens with one attached hydrogen (secondary N) is 1. The lowest BCUT2D eigenvalue weighted by molar-refractivity contribution is 0.000976. The van der Waals surface area contributed by atoms with Gasteiger partial charge in [-0.3, -0.25) is 4.90 Å². The van der Waals surface area contributed by atoms with Gasteiger partial charge in [0.2, 0.25) is 0 Å². The van der Waals surface area contributed by atoms with E-state index in [4.69, 9.17) is 0 Å². The normalized spacial score (nSPS) is 26.1. The largest absolute Gasteiger partial charge is 0.337 e. The maximum atomic E-state index is 4.12. The lowest BCUT2D eigenvalue weighted by atomic mass is 9.82. The van der Waals surface area contributed by atoms with E-state index in [9.17, 15) is 0 Å². The zero-order chi connectivity index (χ0) is 15.3. The molecule has 1 aliphatic rings. The SMILES string of the molecule is CCC1(C)CN(CCCn2ccnc2)C(CC)(CC)CN1. The van der Waals surface area contributed by atoms with Crippen molar-refractivity contribution in [3.63, 3.8) is 0 Å². The van der Waals surface area contributed by atoms with Gasteiger partial charge in [-0.15, -0.1) is 0 Å². The Morgan fingerprint density at radius 3 is 2.48 bits per heavy atom. The molecule has 1 aliphatic heterocycles. The van der Waals surface area contributed by atoms with Crippen LogP contribution in [0, 0.1) is 0 Å². The maximum absolute atomic E-state index is 4.12. The first-order valence-electron chi connectivity index (χ1n) is 8.53. The van der Waals surface area contributed by atoms with Gasteiger partial charge in [-0.25, -0.2) is 4.98 Å². The molecular weight excluding hydrogens is 260 g/mol. The highest BCUT2D eigenvalue weighted by Gasteiger charge is 2.42. The third kappa shape index (κ3) is 3.67. The topological polar surface area (TPSA) is 33.1 Å². The smallest absolute Gasteiger partial charge is 0.0945 e. The molecule has 0 radical (unpaired) electrons. The van der Waals surface area contributed by atoms with E-state index in [1.165, 1.54) is 32.2 Å². The summed E-state index contributed by atoms with van der Waals surface area (Å²) in [6, 6.07) is 0. The Labute approximate surface area is 129 Å². The average molecular weight is 292 g/mol. The molecule has 0 saturated carbocycles. The van der Waals surface area contributed by atoms with Gasteiger partial charge in [0, 0.05) is 49.7 Å². The van der Waals surface area contributed by atoms with Crippen LogP contribution in [-0.4, -0.2) is 45.2 Å². The standard InChI is InChI=1S/C17H32N4/c1-5-16(4)14-21(17(6-2,7-3)13-19-16)11-8-10-20-12-9-18-15-20/h9,12,15,19H,5-8,10-11,13-14H2,1-4H3. The van der Waals surface area contributed by atoms with Gasteiger partial charge in [0.15, 0.2) is 0 Å². The van der Waals surface area contributed by atoms with E-state index < -0.39 is 0 Å². The average Bonchev–Trinajstić information content (AvgIpc) is 3.02. The molecule has 0 amide bonds. The molecule has 1 atom stereocenters. The van der Waals surface area contributed by atoms with E-state index in [2.05, 4.69) is 53.7 Å². The van der Waals surface area contributed by atoms with Crippen LogP contribution in [0.5, 0.6) is 0 Å². The zero-order valence-electron chi connectivity index (χ0n) is 14.2. The van der Waals surface area contributed by atoms with Gasteiger partial charge in [0.25, 0.3) is 0 Å². The fourth-order valence-electron chi connectivity index (χ4n) is 3.50. The molecule has 4 heteroatoms. The second-order valence-corrected chi connectivity index (χ2v) is 6.77. The number of imidazole rings is 1. The van der Waals surface area contributed by atoms with Crippen molar-refractivity contribution < 1.29 is 0 Å². The molecule has 1 aromatic rings. The molecule has 1 aromatic heterocycles. The quantitative estimate of drug-likeness (QED) is 0.839. The number of rotatable bonds is 7. The molecule has 1 N–H and O–H groups in total. The number of aryl methyl sites for hydroxylation is 1. The Bertz CT molecular complexity index is 410. The van der Waals surface area contributed by atoms with E-state index in [-0.39, 0.29) is 5.54 Å². The summed E-state index contributed by atoms with van der Waals surface area (Å²) in [5.41, 5.74) is 0.604. The van der Waals surface area contributed by atoms with Crippen molar-refractivity contribution in [2.75, 3.05) is 19.6 Å². The summed E-state index contributed by atoms with van der Waals surface area (Å²) in [7, 11) is 0. The van der Waals surface area contributed by atoms with E-state index in [1.807, 2.05) is 12.5 Å². The number of hydrogen-bond acceptors (Lipinski definition) is 3. The third-order valence-corrected chi connectivity index (χ3v) is 5.55. The van der Waals surface area contributed by atoms with E-state index in [0.717, 1.165) is 19.6 Å². The number of nitrogens with zero attached hydrogens (tertiary/aromatic N) is 3. The summed E-state index contributed by atoms with van der Waals surface area (Å²) in [6.07, 6.45) is 10.7. The predicted octanol–water partition coefficient (Wildman–Crippen LogP) is 2.91. The first kappa shape index (κ1) is 16.5. The molecule has 0 bridgehead atoms. The van der Waals surface area contributed by atoms with Gasteiger partial charge in [-0.05, 0) is 32.6 Å². The highest BCUT2D eigenvalue weighted by molar-refractivity contribution is 5.02. The minimum absolute atomic E-state index is 0.267. The van der Waals surface area contributed by atoms with Crippen LogP contribution >= 0.6 is 0 Å². The molecule has 21 heavy (non-hydrogen) atoms. The minimum atomic E-state index is 0.267. The number of hydrogen-bond donors (Lipinski definition) is 1. The zero-order valence-corrected chi connectivity index (χ0v) is 14.2. The summed E-state index contributed by atoms with van der Waals surface area (Å²) in [4.78, 5) is 6.88. The summed E-state index contributed by atoms with van der Waals surface area (Å²) < 4.78 is 2.18. The second kappa shape index (κ2) is 6.93. The molecule has 1 unspecified atom stereocenters. The maximum Gasteiger partial charge on any atom is 0.0945 e. The van der Waals surface area contributed by atoms with Crippen molar-refractivity contribution >= 4 is 0 Å². The Morgan fingerprint density at radius 2 is 1.90 bits per heavy atom. The van der Waals surface area contributed by atoms with Crippen molar-refractivity contribution in [2.24, 2.45) is 0 Å². The lowest BCUT2D eigenvalue weighted by Gasteiger charge is -2.53. The fourth-order valence-corrected chi connectivity index (χ4v) is 3.50. The number of piperazine rings is 1. The Morgan fingerprint density at radius 1 is 1.14 bits per heavy atom. The van der Waals surface area contributed by atoms with Crippen LogP contribution in [0.25, 0.3) is 0 Å². The monoisotopic (exact) mass is 292 g/mol. The van der Waals surface area contributed by atoms with Crippen molar-refractivity contribution in [2.45, 2.75) is 71.0 Å². The van der Waals surface area contributed by atoms with Gasteiger partial charge in [0.05, 0.1) is 6.33 Å². The molecule has 0 aromatic carbocycles. The van der Waals surface area contributed by atoms with E-state index in [1.54, 1.807) is 0 Å². The Hall–Kier alpha value is -0.870. The van der Waals surface area contributed by atoms with Crippen LogP contribution in [-0.2, 0) is 6.54 Å². The van der Waals surface area contributed by atoms with Crippen LogP contribution in [0.4, 0.5) is 0 Å². The first-order chi connectivity index (χ1) is 10.1. The highest BCUT2D eigenvalue weighted by atomic mass is 15.3. The van der Waals surface area contributed by atoms with E-state index >= 15 is 0 Å².